The maximum Gasteiger partial charge on any atom is 0.240 e. The number of pyridine rings is 1. The Balaban J connectivity index is 1.59. The first-order valence-electron chi connectivity index (χ1n) is 9.79. The minimum atomic E-state index is -3.53. The summed E-state index contributed by atoms with van der Waals surface area (Å²) in [6.45, 7) is 8.57. The van der Waals surface area contributed by atoms with Crippen LogP contribution in [0.5, 0.6) is 5.75 Å². The summed E-state index contributed by atoms with van der Waals surface area (Å²) < 4.78 is 34.0. The molecule has 2 heterocycles. The molecule has 3 rings (SSSR count). The van der Waals surface area contributed by atoms with E-state index in [-0.39, 0.29) is 0 Å². The number of nitrogens with zero attached hydrogens (tertiary/aromatic N) is 2. The van der Waals surface area contributed by atoms with E-state index in [0.717, 1.165) is 42.8 Å². The molecule has 6 nitrogen and oxygen atoms in total. The highest BCUT2D eigenvalue weighted by Crippen LogP contribution is 2.27. The molecule has 1 aromatic carbocycles. The zero-order valence-corrected chi connectivity index (χ0v) is 17.6. The van der Waals surface area contributed by atoms with E-state index in [0.29, 0.717) is 24.0 Å². The first kappa shape index (κ1) is 20.6. The quantitative estimate of drug-likeness (QED) is 0.768. The van der Waals surface area contributed by atoms with Crippen molar-refractivity contribution < 1.29 is 13.2 Å². The first-order valence-corrected chi connectivity index (χ1v) is 11.3. The molecule has 0 bridgehead atoms. The third kappa shape index (κ3) is 4.83. The van der Waals surface area contributed by atoms with Gasteiger partial charge in [0.05, 0.1) is 11.5 Å². The van der Waals surface area contributed by atoms with Crippen LogP contribution < -0.4 is 14.4 Å². The van der Waals surface area contributed by atoms with Crippen LogP contribution in [0.3, 0.4) is 0 Å². The Morgan fingerprint density at radius 2 is 1.75 bits per heavy atom. The molecule has 0 aliphatic carbocycles. The zero-order chi connectivity index (χ0) is 20.1. The van der Waals surface area contributed by atoms with Gasteiger partial charge in [0.15, 0.2) is 0 Å². The van der Waals surface area contributed by atoms with E-state index in [2.05, 4.69) is 14.6 Å². The van der Waals surface area contributed by atoms with Gasteiger partial charge < -0.3 is 9.64 Å². The SMILES string of the molecule is CCOc1c(C)cc(S(=O)(=O)NCC2CCN(c3ccncc3)CC2)cc1C. The van der Waals surface area contributed by atoms with Crippen molar-refractivity contribution in [2.24, 2.45) is 5.92 Å². The number of piperidine rings is 1. The van der Waals surface area contributed by atoms with E-state index in [1.165, 1.54) is 5.69 Å². The van der Waals surface area contributed by atoms with Crippen LogP contribution in [0, 0.1) is 19.8 Å². The summed E-state index contributed by atoms with van der Waals surface area (Å²) in [5.74, 6) is 1.11. The van der Waals surface area contributed by atoms with Gasteiger partial charge in [0, 0.05) is 37.7 Å². The van der Waals surface area contributed by atoms with Gasteiger partial charge in [-0.2, -0.15) is 0 Å². The van der Waals surface area contributed by atoms with Crippen molar-refractivity contribution in [2.45, 2.75) is 38.5 Å². The van der Waals surface area contributed by atoms with Gasteiger partial charge in [-0.25, -0.2) is 13.1 Å². The van der Waals surface area contributed by atoms with Gasteiger partial charge in [-0.1, -0.05) is 0 Å². The Labute approximate surface area is 168 Å². The molecule has 7 heteroatoms. The number of sulfonamides is 1. The molecule has 1 N–H and O–H groups in total. The molecule has 0 atom stereocenters. The van der Waals surface area contributed by atoms with Crippen molar-refractivity contribution in [1.82, 2.24) is 9.71 Å². The van der Waals surface area contributed by atoms with Gasteiger partial charge in [0.2, 0.25) is 10.0 Å². The molecular formula is C21H29N3O3S. The lowest BCUT2D eigenvalue weighted by Gasteiger charge is -2.33. The number of ether oxygens (including phenoxy) is 1. The number of benzene rings is 1. The summed E-state index contributed by atoms with van der Waals surface area (Å²) in [5.41, 5.74) is 2.86. The Morgan fingerprint density at radius 3 is 2.32 bits per heavy atom. The van der Waals surface area contributed by atoms with Gasteiger partial charge >= 0.3 is 0 Å². The summed E-state index contributed by atoms with van der Waals surface area (Å²) >= 11 is 0. The third-order valence-corrected chi connectivity index (χ3v) is 6.64. The summed E-state index contributed by atoms with van der Waals surface area (Å²) in [5, 5.41) is 0. The van der Waals surface area contributed by atoms with Crippen molar-refractivity contribution >= 4 is 15.7 Å². The molecule has 1 fully saturated rings. The van der Waals surface area contributed by atoms with Gasteiger partial charge in [0.25, 0.3) is 0 Å². The largest absolute Gasteiger partial charge is 0.493 e. The summed E-state index contributed by atoms with van der Waals surface area (Å²) in [6.07, 6.45) is 5.53. The number of aryl methyl sites for hydroxylation is 2. The van der Waals surface area contributed by atoms with Crippen molar-refractivity contribution in [3.8, 4) is 5.75 Å². The second-order valence-electron chi connectivity index (χ2n) is 7.31. The lowest BCUT2D eigenvalue weighted by molar-refractivity contribution is 0.335. The average molecular weight is 404 g/mol. The Hall–Kier alpha value is -2.12. The van der Waals surface area contributed by atoms with E-state index < -0.39 is 10.0 Å². The minimum absolute atomic E-state index is 0.306. The van der Waals surface area contributed by atoms with Gasteiger partial charge in [-0.15, -0.1) is 0 Å². The predicted octanol–water partition coefficient (Wildman–Crippen LogP) is 3.29. The Morgan fingerprint density at radius 1 is 1.14 bits per heavy atom. The average Bonchev–Trinajstić information content (AvgIpc) is 2.70. The number of anilines is 1. The minimum Gasteiger partial charge on any atom is -0.493 e. The summed E-state index contributed by atoms with van der Waals surface area (Å²) in [7, 11) is -3.53. The second kappa shape index (κ2) is 8.92. The number of hydrogen-bond acceptors (Lipinski definition) is 5. The third-order valence-electron chi connectivity index (χ3n) is 5.24. The molecule has 0 spiro atoms. The van der Waals surface area contributed by atoms with Gasteiger partial charge in [-0.05, 0) is 74.9 Å². The number of nitrogens with one attached hydrogen (secondary N) is 1. The van der Waals surface area contributed by atoms with Crippen LogP contribution in [-0.4, -0.2) is 39.6 Å². The first-order chi connectivity index (χ1) is 13.4. The fourth-order valence-corrected chi connectivity index (χ4v) is 4.98. The molecule has 1 aliphatic rings. The van der Waals surface area contributed by atoms with Gasteiger partial charge in [0.1, 0.15) is 5.75 Å². The highest BCUT2D eigenvalue weighted by Gasteiger charge is 2.23. The molecule has 0 amide bonds. The van der Waals surface area contributed by atoms with E-state index in [4.69, 9.17) is 4.74 Å². The highest BCUT2D eigenvalue weighted by molar-refractivity contribution is 7.89. The van der Waals surface area contributed by atoms with Crippen LogP contribution in [0.4, 0.5) is 5.69 Å². The van der Waals surface area contributed by atoms with Crippen molar-refractivity contribution in [2.75, 3.05) is 31.1 Å². The van der Waals surface area contributed by atoms with Crippen LogP contribution in [-0.2, 0) is 10.0 Å². The zero-order valence-electron chi connectivity index (χ0n) is 16.8. The number of hydrogen-bond donors (Lipinski definition) is 1. The van der Waals surface area contributed by atoms with Crippen molar-refractivity contribution in [3.63, 3.8) is 0 Å². The second-order valence-corrected chi connectivity index (χ2v) is 9.07. The maximum atomic E-state index is 12.8. The standard InChI is InChI=1S/C21H29N3O3S/c1-4-27-21-16(2)13-20(14-17(21)3)28(25,26)23-15-18-7-11-24(12-8-18)19-5-9-22-10-6-19/h5-6,9-10,13-14,18,23H,4,7-8,11-12,15H2,1-3H3. The monoisotopic (exact) mass is 403 g/mol. The molecule has 0 unspecified atom stereocenters. The topological polar surface area (TPSA) is 71.5 Å². The number of rotatable bonds is 7. The Kier molecular flexibility index (Phi) is 6.57. The van der Waals surface area contributed by atoms with Crippen molar-refractivity contribution in [1.29, 1.82) is 0 Å². The maximum absolute atomic E-state index is 12.8. The van der Waals surface area contributed by atoms with Crippen LogP contribution in [0.2, 0.25) is 0 Å². The van der Waals surface area contributed by atoms with E-state index in [9.17, 15) is 8.42 Å². The lowest BCUT2D eigenvalue weighted by atomic mass is 9.97. The van der Waals surface area contributed by atoms with Crippen LogP contribution >= 0.6 is 0 Å². The summed E-state index contributed by atoms with van der Waals surface area (Å²) in [6, 6.07) is 7.40. The fraction of sp³-hybridized carbons (Fsp3) is 0.476. The van der Waals surface area contributed by atoms with Crippen LogP contribution in [0.25, 0.3) is 0 Å². The van der Waals surface area contributed by atoms with Crippen molar-refractivity contribution in [3.05, 3.63) is 47.8 Å². The molecule has 1 aliphatic heterocycles. The predicted molar refractivity (Wildman–Crippen MR) is 111 cm³/mol. The smallest absolute Gasteiger partial charge is 0.240 e. The molecule has 0 radical (unpaired) electrons. The lowest BCUT2D eigenvalue weighted by Crippen LogP contribution is -2.38. The van der Waals surface area contributed by atoms with E-state index in [1.54, 1.807) is 24.5 Å². The van der Waals surface area contributed by atoms with Gasteiger partial charge in [-0.3, -0.25) is 4.98 Å². The molecule has 28 heavy (non-hydrogen) atoms. The normalized spacial score (nSPS) is 15.6. The number of aromatic nitrogens is 1. The van der Waals surface area contributed by atoms with E-state index >= 15 is 0 Å². The molecule has 0 saturated carbocycles. The highest BCUT2D eigenvalue weighted by atomic mass is 32.2. The Bertz CT molecular complexity index is 869. The molecule has 152 valence electrons. The molecule has 2 aromatic rings. The summed E-state index contributed by atoms with van der Waals surface area (Å²) in [4.78, 5) is 6.69. The molecular weight excluding hydrogens is 374 g/mol. The van der Waals surface area contributed by atoms with Crippen LogP contribution in [0.1, 0.15) is 30.9 Å². The van der Waals surface area contributed by atoms with Crippen LogP contribution in [0.15, 0.2) is 41.6 Å². The van der Waals surface area contributed by atoms with E-state index in [1.807, 2.05) is 32.9 Å². The fourth-order valence-electron chi connectivity index (χ4n) is 3.70. The molecule has 1 aromatic heterocycles. The molecule has 1 saturated heterocycles.